The Labute approximate surface area is 206 Å². The maximum Gasteiger partial charge on any atom is 0.278 e. The number of rotatable bonds is 4. The lowest BCUT2D eigenvalue weighted by Crippen LogP contribution is -2.36. The van der Waals surface area contributed by atoms with Gasteiger partial charge in [-0.15, -0.1) is 22.7 Å². The van der Waals surface area contributed by atoms with Gasteiger partial charge in [0.15, 0.2) is 22.3 Å². The molecule has 0 saturated carbocycles. The van der Waals surface area contributed by atoms with Gasteiger partial charge in [0.1, 0.15) is 21.9 Å². The van der Waals surface area contributed by atoms with E-state index in [0.29, 0.717) is 27.7 Å². The molecule has 5 heterocycles. The normalized spacial score (nSPS) is 14.9. The molecule has 0 radical (unpaired) electrons. The minimum absolute atomic E-state index is 0.0711. The number of para-hydroxylation sites is 1. The van der Waals surface area contributed by atoms with E-state index in [1.807, 2.05) is 30.3 Å². The zero-order chi connectivity index (χ0) is 24.3. The smallest absolute Gasteiger partial charge is 0.278 e. The second-order valence-electron chi connectivity index (χ2n) is 7.59. The van der Waals surface area contributed by atoms with Crippen molar-refractivity contribution < 1.29 is 27.2 Å². The fourth-order valence-corrected chi connectivity index (χ4v) is 7.23. The molecule has 0 unspecified atom stereocenters. The molecular weight excluding hydrogens is 510 g/mol. The van der Waals surface area contributed by atoms with Crippen LogP contribution in [0.4, 0.5) is 5.13 Å². The Kier molecular flexibility index (Phi) is 4.85. The van der Waals surface area contributed by atoms with Gasteiger partial charge in [-0.05, 0) is 30.3 Å². The molecular formula is C23H15N3O6S3. The van der Waals surface area contributed by atoms with Gasteiger partial charge in [-0.25, -0.2) is 13.4 Å². The van der Waals surface area contributed by atoms with Crippen LogP contribution in [0.2, 0.25) is 0 Å². The summed E-state index contributed by atoms with van der Waals surface area (Å²) in [6.07, 6.45) is 1.47. The first-order chi connectivity index (χ1) is 16.8. The fraction of sp³-hybridized carbons (Fsp3) is 0.0435. The number of thiazole rings is 1. The summed E-state index contributed by atoms with van der Waals surface area (Å²) in [5.74, 6) is -0.248. The number of hydrogen-bond donors (Lipinski definition) is 2. The molecule has 2 N–H and O–H groups in total. The number of benzene rings is 1. The number of furan rings is 2. The molecule has 5 aromatic rings. The molecule has 176 valence electrons. The Morgan fingerprint density at radius 1 is 1.14 bits per heavy atom. The predicted octanol–water partition coefficient (Wildman–Crippen LogP) is 5.38. The molecule has 1 amide bonds. The van der Waals surface area contributed by atoms with Gasteiger partial charge >= 0.3 is 0 Å². The third-order valence-electron chi connectivity index (χ3n) is 5.47. The maximum absolute atomic E-state index is 13.1. The summed E-state index contributed by atoms with van der Waals surface area (Å²) in [6, 6.07) is 14.2. The minimum atomic E-state index is -4.07. The lowest BCUT2D eigenvalue weighted by atomic mass is 10.2. The van der Waals surface area contributed by atoms with E-state index >= 15 is 0 Å². The number of aromatic nitrogens is 1. The summed E-state index contributed by atoms with van der Waals surface area (Å²) in [5.41, 5.74) is 0.838. The van der Waals surface area contributed by atoms with Crippen LogP contribution in [-0.4, -0.2) is 35.8 Å². The number of fused-ring (bicyclic) bond motifs is 2. The highest BCUT2D eigenvalue weighted by atomic mass is 32.2. The van der Waals surface area contributed by atoms with Crippen molar-refractivity contribution in [3.05, 3.63) is 70.7 Å². The topological polar surface area (TPSA) is 126 Å². The standard InChI is InChI=1S/C23H15N3O6S3/c1-26-19(20(27)21-18(35(26,29)30)10-17(34-21)15-7-4-8-31-15)22(28)25-23-24-13(11-33-23)16-9-12-5-2-3-6-14(12)32-16/h2-11,27H,1H3,(H,24,25,28). The van der Waals surface area contributed by atoms with Crippen LogP contribution >= 0.6 is 22.7 Å². The van der Waals surface area contributed by atoms with Gasteiger partial charge in [0, 0.05) is 17.8 Å². The number of likely N-dealkylation sites (N-methyl/N-ethyl adjacent to an activating group) is 1. The summed E-state index contributed by atoms with van der Waals surface area (Å²) in [7, 11) is -2.85. The Bertz CT molecular complexity index is 1710. The molecule has 6 rings (SSSR count). The third-order valence-corrected chi connectivity index (χ3v) is 9.30. The van der Waals surface area contributed by atoms with Crippen LogP contribution in [0.5, 0.6) is 0 Å². The minimum Gasteiger partial charge on any atom is -0.504 e. The van der Waals surface area contributed by atoms with E-state index in [1.54, 1.807) is 17.5 Å². The van der Waals surface area contributed by atoms with Gasteiger partial charge in [0.25, 0.3) is 15.9 Å². The van der Waals surface area contributed by atoms with E-state index in [2.05, 4.69) is 10.3 Å². The Morgan fingerprint density at radius 2 is 1.97 bits per heavy atom. The number of amides is 1. The van der Waals surface area contributed by atoms with Crippen LogP contribution in [0.25, 0.3) is 38.8 Å². The van der Waals surface area contributed by atoms with Crippen molar-refractivity contribution in [2.45, 2.75) is 4.90 Å². The molecule has 0 atom stereocenters. The van der Waals surface area contributed by atoms with Crippen molar-refractivity contribution in [1.82, 2.24) is 9.29 Å². The zero-order valence-corrected chi connectivity index (χ0v) is 20.3. The van der Waals surface area contributed by atoms with Gasteiger partial charge in [-0.3, -0.25) is 14.4 Å². The van der Waals surface area contributed by atoms with Crippen LogP contribution in [0, 0.1) is 0 Å². The van der Waals surface area contributed by atoms with E-state index in [0.717, 1.165) is 32.4 Å². The molecule has 1 aliphatic rings. The molecule has 0 bridgehead atoms. The van der Waals surface area contributed by atoms with Crippen LogP contribution in [0.15, 0.2) is 79.6 Å². The molecule has 0 aliphatic carbocycles. The number of nitrogens with zero attached hydrogens (tertiary/aromatic N) is 2. The number of anilines is 1. The number of sulfonamides is 1. The average Bonchev–Trinajstić information content (AvgIpc) is 3.63. The number of carbonyl (C=O) groups excluding carboxylic acids is 1. The lowest BCUT2D eigenvalue weighted by Gasteiger charge is -2.26. The van der Waals surface area contributed by atoms with Crippen molar-refractivity contribution in [3.8, 4) is 22.1 Å². The summed E-state index contributed by atoms with van der Waals surface area (Å²) in [5, 5.41) is 16.4. The molecule has 0 spiro atoms. The average molecular weight is 526 g/mol. The molecule has 4 aromatic heterocycles. The van der Waals surface area contributed by atoms with Crippen LogP contribution in [0.3, 0.4) is 0 Å². The van der Waals surface area contributed by atoms with E-state index in [-0.39, 0.29) is 14.9 Å². The maximum atomic E-state index is 13.1. The number of nitrogens with one attached hydrogen (secondary N) is 1. The van der Waals surface area contributed by atoms with Gasteiger partial charge in [0.05, 0.1) is 16.0 Å². The van der Waals surface area contributed by atoms with Gasteiger partial charge in [0.2, 0.25) is 0 Å². The molecule has 0 fully saturated rings. The molecule has 12 heteroatoms. The summed E-state index contributed by atoms with van der Waals surface area (Å²) >= 11 is 2.18. The van der Waals surface area contributed by atoms with Gasteiger partial charge < -0.3 is 13.9 Å². The Balaban J connectivity index is 1.33. The SMILES string of the molecule is CN1C(C(=O)Nc2nc(-c3cc4ccccc4o3)cs2)=C(O)c2sc(-c3ccco3)cc2S1(=O)=O. The number of thiophene rings is 1. The number of aliphatic hydroxyl groups is 1. The van der Waals surface area contributed by atoms with Crippen molar-refractivity contribution in [2.75, 3.05) is 12.4 Å². The zero-order valence-electron chi connectivity index (χ0n) is 17.9. The highest BCUT2D eigenvalue weighted by Gasteiger charge is 2.40. The van der Waals surface area contributed by atoms with E-state index in [9.17, 15) is 18.3 Å². The summed E-state index contributed by atoms with van der Waals surface area (Å²) < 4.78 is 38.2. The molecule has 0 saturated heterocycles. The molecule has 35 heavy (non-hydrogen) atoms. The number of carbonyl (C=O) groups is 1. The molecule has 9 nitrogen and oxygen atoms in total. The fourth-order valence-electron chi connectivity index (χ4n) is 3.75. The molecule has 1 aromatic carbocycles. The first-order valence-corrected chi connectivity index (χ1v) is 13.3. The second kappa shape index (κ2) is 7.83. The monoisotopic (exact) mass is 525 g/mol. The van der Waals surface area contributed by atoms with E-state index in [1.165, 1.54) is 19.4 Å². The van der Waals surface area contributed by atoms with Crippen LogP contribution in [-0.2, 0) is 14.8 Å². The van der Waals surface area contributed by atoms with Crippen molar-refractivity contribution in [2.24, 2.45) is 0 Å². The summed E-state index contributed by atoms with van der Waals surface area (Å²) in [6.45, 7) is 0. The summed E-state index contributed by atoms with van der Waals surface area (Å²) in [4.78, 5) is 18.0. The predicted molar refractivity (Wildman–Crippen MR) is 132 cm³/mol. The Hall–Kier alpha value is -3.87. The quantitative estimate of drug-likeness (QED) is 0.323. The van der Waals surface area contributed by atoms with Crippen LogP contribution < -0.4 is 5.32 Å². The van der Waals surface area contributed by atoms with Gasteiger partial charge in [-0.2, -0.15) is 0 Å². The van der Waals surface area contributed by atoms with Crippen LogP contribution in [0.1, 0.15) is 4.88 Å². The van der Waals surface area contributed by atoms with E-state index < -0.39 is 27.4 Å². The lowest BCUT2D eigenvalue weighted by molar-refractivity contribution is -0.113. The van der Waals surface area contributed by atoms with Crippen molar-refractivity contribution in [3.63, 3.8) is 0 Å². The Morgan fingerprint density at radius 3 is 2.74 bits per heavy atom. The number of aliphatic hydroxyl groups excluding tert-OH is 1. The van der Waals surface area contributed by atoms with E-state index in [4.69, 9.17) is 8.83 Å². The number of hydrogen-bond acceptors (Lipinski definition) is 9. The van der Waals surface area contributed by atoms with Crippen molar-refractivity contribution in [1.29, 1.82) is 0 Å². The second-order valence-corrected chi connectivity index (χ2v) is 11.4. The first-order valence-electron chi connectivity index (χ1n) is 10.2. The first kappa shape index (κ1) is 21.6. The van der Waals surface area contributed by atoms with Gasteiger partial charge in [-0.1, -0.05) is 18.2 Å². The highest BCUT2D eigenvalue weighted by Crippen LogP contribution is 2.43. The highest BCUT2D eigenvalue weighted by molar-refractivity contribution is 7.89. The third kappa shape index (κ3) is 3.45. The molecule has 1 aliphatic heterocycles. The largest absolute Gasteiger partial charge is 0.504 e. The van der Waals surface area contributed by atoms with Crippen molar-refractivity contribution >= 4 is 60.5 Å².